The lowest BCUT2D eigenvalue weighted by Gasteiger charge is -2.23. The van der Waals surface area contributed by atoms with Crippen molar-refractivity contribution in [3.63, 3.8) is 0 Å². The maximum Gasteiger partial charge on any atom is 0.411 e. The summed E-state index contributed by atoms with van der Waals surface area (Å²) in [4.78, 5) is 14.3. The van der Waals surface area contributed by atoms with E-state index in [1.54, 1.807) is 6.07 Å². The summed E-state index contributed by atoms with van der Waals surface area (Å²) >= 11 is 0. The molecular formula is C17H23NO3. The largest absolute Gasteiger partial charge is 0.508 e. The van der Waals surface area contributed by atoms with Gasteiger partial charge in [0.25, 0.3) is 0 Å². The number of amides is 1. The van der Waals surface area contributed by atoms with E-state index in [9.17, 15) is 9.90 Å². The minimum Gasteiger partial charge on any atom is -0.508 e. The van der Waals surface area contributed by atoms with Crippen LogP contribution >= 0.6 is 0 Å². The normalized spacial score (nSPS) is 26.9. The lowest BCUT2D eigenvalue weighted by atomic mass is 9.82. The smallest absolute Gasteiger partial charge is 0.411 e. The first-order valence-electron chi connectivity index (χ1n) is 7.60. The third-order valence-corrected chi connectivity index (χ3v) is 4.65. The van der Waals surface area contributed by atoms with Crippen molar-refractivity contribution in [3.05, 3.63) is 29.3 Å². The zero-order chi connectivity index (χ0) is 15.4. The van der Waals surface area contributed by atoms with Crippen molar-refractivity contribution in [3.8, 4) is 5.75 Å². The van der Waals surface area contributed by atoms with Crippen LogP contribution in [0.4, 0.5) is 4.79 Å². The number of fused-ring (bicyclic) bond motifs is 2. The number of benzene rings is 1. The summed E-state index contributed by atoms with van der Waals surface area (Å²) in [7, 11) is 0. The van der Waals surface area contributed by atoms with Gasteiger partial charge in [-0.2, -0.15) is 0 Å². The molecule has 2 atom stereocenters. The van der Waals surface area contributed by atoms with Gasteiger partial charge in [-0.15, -0.1) is 0 Å². The third-order valence-electron chi connectivity index (χ3n) is 4.65. The van der Waals surface area contributed by atoms with Gasteiger partial charge in [-0.25, -0.2) is 4.79 Å². The quantitative estimate of drug-likeness (QED) is 0.807. The summed E-state index contributed by atoms with van der Waals surface area (Å²) in [5.74, 6) is 0.294. The number of nitrogens with zero attached hydrogens (tertiary/aromatic N) is 1. The molecule has 21 heavy (non-hydrogen) atoms. The van der Waals surface area contributed by atoms with Crippen LogP contribution < -0.4 is 0 Å². The minimum absolute atomic E-state index is 0.0910. The summed E-state index contributed by atoms with van der Waals surface area (Å²) in [6, 6.07) is 5.72. The van der Waals surface area contributed by atoms with Crippen molar-refractivity contribution < 1.29 is 14.6 Å². The summed E-state index contributed by atoms with van der Waals surface area (Å²) < 4.78 is 5.54. The Kier molecular flexibility index (Phi) is 2.98. The van der Waals surface area contributed by atoms with Crippen molar-refractivity contribution in [1.82, 2.24) is 4.90 Å². The molecule has 1 aromatic carbocycles. The van der Waals surface area contributed by atoms with Gasteiger partial charge in [-0.1, -0.05) is 13.0 Å². The predicted molar refractivity (Wildman–Crippen MR) is 80.4 cm³/mol. The van der Waals surface area contributed by atoms with Gasteiger partial charge in [0.15, 0.2) is 0 Å². The van der Waals surface area contributed by atoms with Crippen LogP contribution in [0, 0.1) is 0 Å². The van der Waals surface area contributed by atoms with E-state index in [4.69, 9.17) is 4.74 Å². The number of carbonyl (C=O) groups excluding carboxylic acids is 1. The van der Waals surface area contributed by atoms with Gasteiger partial charge < -0.3 is 9.84 Å². The summed E-state index contributed by atoms with van der Waals surface area (Å²) in [6.45, 7) is 7.80. The van der Waals surface area contributed by atoms with Crippen LogP contribution in [0.3, 0.4) is 0 Å². The van der Waals surface area contributed by atoms with E-state index >= 15 is 0 Å². The number of phenols is 1. The Bertz CT molecular complexity index is 590. The summed E-state index contributed by atoms with van der Waals surface area (Å²) in [5.41, 5.74) is 1.82. The SMILES string of the molecule is CCC12Cc3ccc(O)cc3CC1N2C(=O)OC(C)(C)C. The molecule has 1 fully saturated rings. The molecule has 2 unspecified atom stereocenters. The number of carbonyl (C=O) groups is 1. The fourth-order valence-corrected chi connectivity index (χ4v) is 3.59. The maximum absolute atomic E-state index is 12.4. The Morgan fingerprint density at radius 3 is 2.76 bits per heavy atom. The van der Waals surface area contributed by atoms with Gasteiger partial charge >= 0.3 is 6.09 Å². The van der Waals surface area contributed by atoms with Crippen LogP contribution in [-0.4, -0.2) is 33.3 Å². The first-order valence-corrected chi connectivity index (χ1v) is 7.60. The second-order valence-electron chi connectivity index (χ2n) is 7.16. The summed E-state index contributed by atoms with van der Waals surface area (Å²) in [6.07, 6.45) is 2.36. The first kappa shape index (κ1) is 14.2. The molecule has 1 saturated heterocycles. The molecule has 0 spiro atoms. The highest BCUT2D eigenvalue weighted by molar-refractivity contribution is 5.75. The number of ether oxygens (including phenoxy) is 1. The van der Waals surface area contributed by atoms with Gasteiger partial charge in [0.05, 0.1) is 11.6 Å². The second kappa shape index (κ2) is 4.39. The highest BCUT2D eigenvalue weighted by atomic mass is 16.6. The van der Waals surface area contributed by atoms with Gasteiger partial charge in [0, 0.05) is 0 Å². The van der Waals surface area contributed by atoms with E-state index in [1.165, 1.54) is 5.56 Å². The van der Waals surface area contributed by atoms with E-state index in [0.717, 1.165) is 24.8 Å². The fraction of sp³-hybridized carbons (Fsp3) is 0.588. The third kappa shape index (κ3) is 2.27. The van der Waals surface area contributed by atoms with Gasteiger partial charge in [-0.05, 0) is 63.3 Å². The Hall–Kier alpha value is -1.71. The lowest BCUT2D eigenvalue weighted by Crippen LogP contribution is -2.32. The molecule has 1 heterocycles. The van der Waals surface area contributed by atoms with Gasteiger partial charge in [-0.3, -0.25) is 4.90 Å². The standard InChI is InChI=1S/C17H23NO3/c1-5-17-10-11-6-7-13(19)8-12(11)9-14(17)18(17)15(20)21-16(2,3)4/h6-8,14,19H,5,9-10H2,1-4H3. The molecule has 4 nitrogen and oxygen atoms in total. The monoisotopic (exact) mass is 289 g/mol. The number of hydrogen-bond acceptors (Lipinski definition) is 3. The Morgan fingerprint density at radius 1 is 1.43 bits per heavy atom. The predicted octanol–water partition coefficient (Wildman–Crippen LogP) is 3.26. The van der Waals surface area contributed by atoms with Gasteiger partial charge in [0.1, 0.15) is 11.4 Å². The average molecular weight is 289 g/mol. The Labute approximate surface area is 125 Å². The number of rotatable bonds is 1. The lowest BCUT2D eigenvalue weighted by molar-refractivity contribution is 0.0368. The minimum atomic E-state index is -0.469. The van der Waals surface area contributed by atoms with Crippen molar-refractivity contribution >= 4 is 6.09 Å². The molecule has 2 aliphatic rings. The van der Waals surface area contributed by atoms with Crippen molar-refractivity contribution in [2.24, 2.45) is 0 Å². The zero-order valence-electron chi connectivity index (χ0n) is 13.1. The molecule has 1 N–H and O–H groups in total. The van der Waals surface area contributed by atoms with Crippen LogP contribution in [0.25, 0.3) is 0 Å². The number of phenolic OH excluding ortho intramolecular Hbond substituents is 1. The van der Waals surface area contributed by atoms with Crippen LogP contribution in [0.2, 0.25) is 0 Å². The highest BCUT2D eigenvalue weighted by Gasteiger charge is 2.66. The van der Waals surface area contributed by atoms with Gasteiger partial charge in [0.2, 0.25) is 0 Å². The van der Waals surface area contributed by atoms with Crippen LogP contribution in [0.1, 0.15) is 45.2 Å². The Morgan fingerprint density at radius 2 is 2.14 bits per heavy atom. The molecule has 0 bridgehead atoms. The van der Waals surface area contributed by atoms with E-state index in [1.807, 2.05) is 37.8 Å². The van der Waals surface area contributed by atoms with Crippen LogP contribution in [0.5, 0.6) is 5.75 Å². The van der Waals surface area contributed by atoms with Crippen molar-refractivity contribution in [2.75, 3.05) is 0 Å². The van der Waals surface area contributed by atoms with E-state index in [0.29, 0.717) is 5.75 Å². The molecule has 0 saturated carbocycles. The van der Waals surface area contributed by atoms with Crippen molar-refractivity contribution in [1.29, 1.82) is 0 Å². The number of aromatic hydroxyl groups is 1. The summed E-state index contributed by atoms with van der Waals surface area (Å²) in [5, 5.41) is 9.63. The second-order valence-corrected chi connectivity index (χ2v) is 7.16. The molecule has 3 rings (SSSR count). The maximum atomic E-state index is 12.4. The molecular weight excluding hydrogens is 266 g/mol. The topological polar surface area (TPSA) is 49.5 Å². The highest BCUT2D eigenvalue weighted by Crippen LogP contribution is 2.52. The fourth-order valence-electron chi connectivity index (χ4n) is 3.59. The molecule has 1 aliphatic carbocycles. The Balaban J connectivity index is 1.85. The molecule has 1 aromatic rings. The van der Waals surface area contributed by atoms with E-state index in [2.05, 4.69) is 6.92 Å². The average Bonchev–Trinajstić information content (AvgIpc) is 3.02. The van der Waals surface area contributed by atoms with Crippen LogP contribution in [0.15, 0.2) is 18.2 Å². The van der Waals surface area contributed by atoms with Crippen LogP contribution in [-0.2, 0) is 17.6 Å². The molecule has 1 amide bonds. The molecule has 0 radical (unpaired) electrons. The zero-order valence-corrected chi connectivity index (χ0v) is 13.1. The molecule has 4 heteroatoms. The van der Waals surface area contributed by atoms with E-state index in [-0.39, 0.29) is 17.7 Å². The number of hydrogen-bond donors (Lipinski definition) is 1. The molecule has 1 aliphatic heterocycles. The first-order chi connectivity index (χ1) is 9.77. The van der Waals surface area contributed by atoms with E-state index < -0.39 is 5.60 Å². The van der Waals surface area contributed by atoms with Crippen molar-refractivity contribution in [2.45, 2.75) is 64.1 Å². The molecule has 0 aromatic heterocycles. The molecule has 114 valence electrons.